The maximum absolute atomic E-state index is 12.6. The van der Waals surface area contributed by atoms with Crippen LogP contribution in [-0.4, -0.2) is 10.8 Å². The molecule has 2 aromatic carbocycles. The number of nitro benzene ring substituents is 1. The quantitative estimate of drug-likeness (QED) is 0.515. The predicted molar refractivity (Wildman–Crippen MR) is 82.2 cm³/mol. The Morgan fingerprint density at radius 2 is 1.83 bits per heavy atom. The van der Waals surface area contributed by atoms with Gasteiger partial charge in [0.2, 0.25) is 5.91 Å². The van der Waals surface area contributed by atoms with Crippen molar-refractivity contribution in [3.05, 3.63) is 75.8 Å². The number of carbonyl (C=O) groups is 1. The third kappa shape index (κ3) is 4.42. The van der Waals surface area contributed by atoms with Crippen molar-refractivity contribution in [1.29, 1.82) is 0 Å². The van der Waals surface area contributed by atoms with Gasteiger partial charge in [-0.3, -0.25) is 14.9 Å². The average Bonchev–Trinajstić information content (AvgIpc) is 2.52. The number of rotatable bonds is 4. The van der Waals surface area contributed by atoms with Crippen LogP contribution in [0.25, 0.3) is 6.08 Å². The fourth-order valence-corrected chi connectivity index (χ4v) is 1.92. The molecule has 0 atom stereocenters. The first-order chi connectivity index (χ1) is 11.3. The summed E-state index contributed by atoms with van der Waals surface area (Å²) in [4.78, 5) is 22.0. The van der Waals surface area contributed by atoms with Crippen molar-refractivity contribution in [2.24, 2.45) is 0 Å². The van der Waals surface area contributed by atoms with Crippen LogP contribution >= 0.6 is 0 Å². The standard InChI is InChI=1S/C16H11F3N2O3/c17-16(18,19)12-5-3-6-13(10-12)20-15(22)9-8-11-4-1-2-7-14(11)21(23)24/h1-10H,(H,20,22)/b9-8+. The number of alkyl halides is 3. The predicted octanol–water partition coefficient (Wildman–Crippen LogP) is 4.27. The smallest absolute Gasteiger partial charge is 0.322 e. The Hall–Kier alpha value is -3.16. The van der Waals surface area contributed by atoms with Gasteiger partial charge in [0, 0.05) is 17.8 Å². The minimum Gasteiger partial charge on any atom is -0.322 e. The number of hydrogen-bond acceptors (Lipinski definition) is 3. The monoisotopic (exact) mass is 336 g/mol. The highest BCUT2D eigenvalue weighted by Crippen LogP contribution is 2.30. The van der Waals surface area contributed by atoms with Crippen molar-refractivity contribution in [3.8, 4) is 0 Å². The topological polar surface area (TPSA) is 72.2 Å². The first-order valence-corrected chi connectivity index (χ1v) is 6.67. The summed E-state index contributed by atoms with van der Waals surface area (Å²) in [6, 6.07) is 9.96. The molecule has 124 valence electrons. The summed E-state index contributed by atoms with van der Waals surface area (Å²) < 4.78 is 37.8. The molecule has 24 heavy (non-hydrogen) atoms. The van der Waals surface area contributed by atoms with Crippen LogP contribution in [-0.2, 0) is 11.0 Å². The molecular formula is C16H11F3N2O3. The van der Waals surface area contributed by atoms with Gasteiger partial charge in [-0.25, -0.2) is 0 Å². The van der Waals surface area contributed by atoms with Gasteiger partial charge in [-0.05, 0) is 30.3 Å². The van der Waals surface area contributed by atoms with Crippen LogP contribution in [0.2, 0.25) is 0 Å². The van der Waals surface area contributed by atoms with Gasteiger partial charge in [-0.1, -0.05) is 18.2 Å². The van der Waals surface area contributed by atoms with Gasteiger partial charge in [0.25, 0.3) is 5.69 Å². The van der Waals surface area contributed by atoms with E-state index >= 15 is 0 Å². The first-order valence-electron chi connectivity index (χ1n) is 6.67. The van der Waals surface area contributed by atoms with E-state index in [0.29, 0.717) is 0 Å². The molecule has 0 aliphatic rings. The highest BCUT2D eigenvalue weighted by molar-refractivity contribution is 6.02. The second-order valence-electron chi connectivity index (χ2n) is 4.72. The summed E-state index contributed by atoms with van der Waals surface area (Å²) in [5.74, 6) is -0.701. The van der Waals surface area contributed by atoms with Crippen molar-refractivity contribution in [2.45, 2.75) is 6.18 Å². The summed E-state index contributed by atoms with van der Waals surface area (Å²) in [6.45, 7) is 0. The van der Waals surface area contributed by atoms with E-state index < -0.39 is 22.6 Å². The number of para-hydroxylation sites is 1. The Morgan fingerprint density at radius 3 is 2.50 bits per heavy atom. The maximum atomic E-state index is 12.6. The molecule has 0 heterocycles. The summed E-state index contributed by atoms with van der Waals surface area (Å²) in [7, 11) is 0. The maximum Gasteiger partial charge on any atom is 0.416 e. The van der Waals surface area contributed by atoms with E-state index in [0.717, 1.165) is 18.2 Å². The van der Waals surface area contributed by atoms with Crippen molar-refractivity contribution in [3.63, 3.8) is 0 Å². The zero-order valence-corrected chi connectivity index (χ0v) is 12.1. The fraction of sp³-hybridized carbons (Fsp3) is 0.0625. The van der Waals surface area contributed by atoms with Gasteiger partial charge in [-0.15, -0.1) is 0 Å². The highest BCUT2D eigenvalue weighted by atomic mass is 19.4. The zero-order valence-electron chi connectivity index (χ0n) is 12.1. The van der Waals surface area contributed by atoms with Crippen molar-refractivity contribution < 1.29 is 22.9 Å². The van der Waals surface area contributed by atoms with Crippen LogP contribution in [0.4, 0.5) is 24.5 Å². The van der Waals surface area contributed by atoms with E-state index in [2.05, 4.69) is 5.32 Å². The number of amides is 1. The summed E-state index contributed by atoms with van der Waals surface area (Å²) in [6.07, 6.45) is -2.27. The van der Waals surface area contributed by atoms with Crippen LogP contribution < -0.4 is 5.32 Å². The summed E-state index contributed by atoms with van der Waals surface area (Å²) in [5, 5.41) is 13.1. The minimum atomic E-state index is -4.51. The molecule has 1 amide bonds. The molecule has 0 unspecified atom stereocenters. The lowest BCUT2D eigenvalue weighted by Crippen LogP contribution is -2.10. The lowest BCUT2D eigenvalue weighted by atomic mass is 10.1. The normalized spacial score (nSPS) is 11.5. The van der Waals surface area contributed by atoms with E-state index in [1.807, 2.05) is 0 Å². The second-order valence-corrected chi connectivity index (χ2v) is 4.72. The van der Waals surface area contributed by atoms with Crippen molar-refractivity contribution >= 4 is 23.4 Å². The molecule has 8 heteroatoms. The number of anilines is 1. The van der Waals surface area contributed by atoms with E-state index in [1.54, 1.807) is 6.07 Å². The Labute approximate surface area is 134 Å². The molecule has 0 aliphatic heterocycles. The second kappa shape index (κ2) is 6.95. The first kappa shape index (κ1) is 17.2. The Balaban J connectivity index is 2.13. The van der Waals surface area contributed by atoms with Crippen LogP contribution in [0, 0.1) is 10.1 Å². The number of halogens is 3. The Morgan fingerprint density at radius 1 is 1.12 bits per heavy atom. The van der Waals surface area contributed by atoms with Crippen LogP contribution in [0.1, 0.15) is 11.1 Å². The Bertz CT molecular complexity index is 801. The van der Waals surface area contributed by atoms with E-state index in [4.69, 9.17) is 0 Å². The summed E-state index contributed by atoms with van der Waals surface area (Å²) >= 11 is 0. The van der Waals surface area contributed by atoms with Gasteiger partial charge in [0.05, 0.1) is 16.1 Å². The van der Waals surface area contributed by atoms with Crippen molar-refractivity contribution in [2.75, 3.05) is 5.32 Å². The molecule has 0 fully saturated rings. The third-order valence-electron chi connectivity index (χ3n) is 3.01. The van der Waals surface area contributed by atoms with E-state index in [1.165, 1.54) is 36.4 Å². The van der Waals surface area contributed by atoms with Gasteiger partial charge in [-0.2, -0.15) is 13.2 Å². The number of nitro groups is 1. The number of hydrogen-bond donors (Lipinski definition) is 1. The Kier molecular flexibility index (Phi) is 4.98. The molecule has 0 saturated carbocycles. The largest absolute Gasteiger partial charge is 0.416 e. The number of nitrogens with zero attached hydrogens (tertiary/aromatic N) is 1. The van der Waals surface area contributed by atoms with Gasteiger partial charge in [0.1, 0.15) is 0 Å². The number of nitrogens with one attached hydrogen (secondary N) is 1. The minimum absolute atomic E-state index is 0.0259. The average molecular weight is 336 g/mol. The van der Waals surface area contributed by atoms with Crippen molar-refractivity contribution in [1.82, 2.24) is 0 Å². The molecule has 5 nitrogen and oxygen atoms in total. The molecule has 0 aliphatic carbocycles. The van der Waals surface area contributed by atoms with E-state index in [9.17, 15) is 28.1 Å². The van der Waals surface area contributed by atoms with E-state index in [-0.39, 0.29) is 16.9 Å². The SMILES string of the molecule is O=C(/C=C/c1ccccc1[N+](=O)[O-])Nc1cccc(C(F)(F)F)c1. The molecule has 0 radical (unpaired) electrons. The molecule has 1 N–H and O–H groups in total. The lowest BCUT2D eigenvalue weighted by Gasteiger charge is -2.08. The molecule has 2 aromatic rings. The van der Waals surface area contributed by atoms with Crippen LogP contribution in [0.3, 0.4) is 0 Å². The molecule has 2 rings (SSSR count). The van der Waals surface area contributed by atoms with Crippen LogP contribution in [0.15, 0.2) is 54.6 Å². The van der Waals surface area contributed by atoms with Crippen LogP contribution in [0.5, 0.6) is 0 Å². The summed E-state index contributed by atoms with van der Waals surface area (Å²) in [5.41, 5.74) is -0.882. The van der Waals surface area contributed by atoms with Gasteiger partial charge in [0.15, 0.2) is 0 Å². The third-order valence-corrected chi connectivity index (χ3v) is 3.01. The highest BCUT2D eigenvalue weighted by Gasteiger charge is 2.30. The molecule has 0 bridgehead atoms. The molecular weight excluding hydrogens is 325 g/mol. The van der Waals surface area contributed by atoms with Gasteiger partial charge >= 0.3 is 6.18 Å². The molecule has 0 spiro atoms. The number of carbonyl (C=O) groups excluding carboxylic acids is 1. The molecule has 0 saturated heterocycles. The molecule has 0 aromatic heterocycles. The fourth-order valence-electron chi connectivity index (χ4n) is 1.92. The zero-order chi connectivity index (χ0) is 17.7. The van der Waals surface area contributed by atoms with Gasteiger partial charge < -0.3 is 5.32 Å². The number of benzene rings is 2. The lowest BCUT2D eigenvalue weighted by molar-refractivity contribution is -0.385.